The van der Waals surface area contributed by atoms with Gasteiger partial charge in [-0.1, -0.05) is 42.0 Å². The van der Waals surface area contributed by atoms with Gasteiger partial charge < -0.3 is 4.74 Å². The molecule has 4 nitrogen and oxygen atoms in total. The highest BCUT2D eigenvalue weighted by Gasteiger charge is 2.16. The van der Waals surface area contributed by atoms with Crippen molar-refractivity contribution in [1.29, 1.82) is 0 Å². The van der Waals surface area contributed by atoms with Crippen LogP contribution in [0.4, 0.5) is 0 Å². The number of fused-ring (bicyclic) bond motifs is 1. The molecule has 0 saturated carbocycles. The number of rotatable bonds is 5. The fourth-order valence-corrected chi connectivity index (χ4v) is 2.94. The van der Waals surface area contributed by atoms with Crippen molar-refractivity contribution in [2.75, 3.05) is 0 Å². The molecule has 0 atom stereocenters. The zero-order valence-electron chi connectivity index (χ0n) is 17.2. The first kappa shape index (κ1) is 20.5. The number of aryl methyl sites for hydroxylation is 1. The van der Waals surface area contributed by atoms with E-state index in [9.17, 15) is 9.59 Å². The minimum absolute atomic E-state index is 0.111. The minimum Gasteiger partial charge on any atom is -0.460 e. The number of nitrogens with zero attached hydrogens (tertiary/aromatic N) is 1. The van der Waals surface area contributed by atoms with Crippen LogP contribution in [0.15, 0.2) is 60.7 Å². The van der Waals surface area contributed by atoms with Gasteiger partial charge in [0, 0.05) is 10.9 Å². The van der Waals surface area contributed by atoms with Gasteiger partial charge in [0.1, 0.15) is 5.60 Å². The van der Waals surface area contributed by atoms with Crippen molar-refractivity contribution < 1.29 is 14.3 Å². The van der Waals surface area contributed by atoms with Crippen molar-refractivity contribution in [2.24, 2.45) is 0 Å². The van der Waals surface area contributed by atoms with Crippen molar-refractivity contribution in [1.82, 2.24) is 4.98 Å². The largest absolute Gasteiger partial charge is 0.460 e. The van der Waals surface area contributed by atoms with Gasteiger partial charge in [0.05, 0.1) is 17.6 Å². The molecule has 1 heterocycles. The van der Waals surface area contributed by atoms with E-state index in [1.54, 1.807) is 30.3 Å². The van der Waals surface area contributed by atoms with Gasteiger partial charge in [0.2, 0.25) is 0 Å². The van der Waals surface area contributed by atoms with E-state index in [-0.39, 0.29) is 18.2 Å². The lowest BCUT2D eigenvalue weighted by molar-refractivity contribution is -0.153. The van der Waals surface area contributed by atoms with E-state index in [4.69, 9.17) is 4.74 Å². The Morgan fingerprint density at radius 3 is 2.41 bits per heavy atom. The summed E-state index contributed by atoms with van der Waals surface area (Å²) >= 11 is 0. The second-order valence-electron chi connectivity index (χ2n) is 8.09. The first-order valence-electron chi connectivity index (χ1n) is 9.60. The third-order valence-electron chi connectivity index (χ3n) is 4.28. The van der Waals surface area contributed by atoms with Gasteiger partial charge in [-0.25, -0.2) is 4.98 Å². The molecule has 1 aromatic heterocycles. The predicted octanol–water partition coefficient (Wildman–Crippen LogP) is 5.32. The monoisotopic (exact) mass is 387 g/mol. The van der Waals surface area contributed by atoms with Crippen LogP contribution < -0.4 is 0 Å². The number of esters is 1. The summed E-state index contributed by atoms with van der Waals surface area (Å²) in [7, 11) is 0. The highest BCUT2D eigenvalue weighted by Crippen LogP contribution is 2.16. The Kier molecular flexibility index (Phi) is 5.92. The smallest absolute Gasteiger partial charge is 0.310 e. The van der Waals surface area contributed by atoms with E-state index in [0.29, 0.717) is 5.56 Å². The molecule has 0 aliphatic rings. The molecule has 148 valence electrons. The Labute approximate surface area is 171 Å². The second-order valence-corrected chi connectivity index (χ2v) is 8.09. The van der Waals surface area contributed by atoms with E-state index in [2.05, 4.69) is 11.1 Å². The van der Waals surface area contributed by atoms with Crippen LogP contribution in [-0.4, -0.2) is 22.3 Å². The van der Waals surface area contributed by atoms with Gasteiger partial charge in [0.15, 0.2) is 5.78 Å². The Morgan fingerprint density at radius 1 is 1.00 bits per heavy atom. The summed E-state index contributed by atoms with van der Waals surface area (Å²) in [6, 6.07) is 17.0. The SMILES string of the molecule is Cc1ccc2nc(/C=C/C(=O)c3ccc(CC(=O)OC(C)(C)C)cc3)ccc2c1. The molecular weight excluding hydrogens is 362 g/mol. The van der Waals surface area contributed by atoms with Gasteiger partial charge in [0.25, 0.3) is 0 Å². The van der Waals surface area contributed by atoms with E-state index >= 15 is 0 Å². The van der Waals surface area contributed by atoms with Gasteiger partial charge in [-0.05, 0) is 63.6 Å². The molecule has 0 N–H and O–H groups in total. The molecule has 0 spiro atoms. The Hall–Kier alpha value is -3.27. The van der Waals surface area contributed by atoms with E-state index < -0.39 is 5.60 Å². The van der Waals surface area contributed by atoms with Crippen LogP contribution in [0.1, 0.15) is 48.0 Å². The summed E-state index contributed by atoms with van der Waals surface area (Å²) in [5, 5.41) is 1.08. The lowest BCUT2D eigenvalue weighted by Crippen LogP contribution is -2.24. The molecule has 0 saturated heterocycles. The quantitative estimate of drug-likeness (QED) is 0.338. The molecule has 3 rings (SSSR count). The number of allylic oxidation sites excluding steroid dienone is 1. The third-order valence-corrected chi connectivity index (χ3v) is 4.28. The second kappa shape index (κ2) is 8.39. The molecule has 2 aromatic carbocycles. The Bertz CT molecular complexity index is 1070. The van der Waals surface area contributed by atoms with Crippen LogP contribution in [0.5, 0.6) is 0 Å². The molecular formula is C25H25NO3. The lowest BCUT2D eigenvalue weighted by atomic mass is 10.1. The average Bonchev–Trinajstić information content (AvgIpc) is 2.65. The molecule has 0 amide bonds. The molecule has 0 bridgehead atoms. The maximum absolute atomic E-state index is 12.4. The average molecular weight is 387 g/mol. The van der Waals surface area contributed by atoms with Crippen LogP contribution in [0.25, 0.3) is 17.0 Å². The van der Waals surface area contributed by atoms with Gasteiger partial charge in [-0.3, -0.25) is 9.59 Å². The topological polar surface area (TPSA) is 56.3 Å². The fraction of sp³-hybridized carbons (Fsp3) is 0.240. The van der Waals surface area contributed by atoms with Gasteiger partial charge >= 0.3 is 5.97 Å². The minimum atomic E-state index is -0.507. The number of carbonyl (C=O) groups is 2. The Balaban J connectivity index is 1.66. The predicted molar refractivity (Wildman–Crippen MR) is 116 cm³/mol. The van der Waals surface area contributed by atoms with Crippen molar-refractivity contribution in [2.45, 2.75) is 39.7 Å². The molecule has 29 heavy (non-hydrogen) atoms. The van der Waals surface area contributed by atoms with Crippen molar-refractivity contribution >= 4 is 28.7 Å². The molecule has 0 unspecified atom stereocenters. The maximum Gasteiger partial charge on any atom is 0.310 e. The fourth-order valence-electron chi connectivity index (χ4n) is 2.94. The van der Waals surface area contributed by atoms with Crippen molar-refractivity contribution in [3.63, 3.8) is 0 Å². The van der Waals surface area contributed by atoms with Crippen LogP contribution in [0.3, 0.4) is 0 Å². The summed E-state index contributed by atoms with van der Waals surface area (Å²) in [5.41, 5.74) is 3.69. The highest BCUT2D eigenvalue weighted by atomic mass is 16.6. The molecule has 0 radical (unpaired) electrons. The number of benzene rings is 2. The molecule has 0 fully saturated rings. The summed E-state index contributed by atoms with van der Waals surface area (Å²) in [5.74, 6) is -0.395. The summed E-state index contributed by atoms with van der Waals surface area (Å²) in [6.45, 7) is 7.56. The van der Waals surface area contributed by atoms with Gasteiger partial charge in [-0.15, -0.1) is 0 Å². The van der Waals surface area contributed by atoms with Crippen LogP contribution in [0.2, 0.25) is 0 Å². The van der Waals surface area contributed by atoms with E-state index in [1.807, 2.05) is 52.0 Å². The Morgan fingerprint density at radius 2 is 1.72 bits per heavy atom. The first-order chi connectivity index (χ1) is 13.7. The molecule has 0 aliphatic heterocycles. The van der Waals surface area contributed by atoms with Crippen molar-refractivity contribution in [3.8, 4) is 0 Å². The zero-order valence-corrected chi connectivity index (χ0v) is 17.2. The molecule has 0 aliphatic carbocycles. The standard InChI is InChI=1S/C25H25NO3/c1-17-5-13-22-20(15-17)10-11-21(26-22)12-14-23(27)19-8-6-18(7-9-19)16-24(28)29-25(2,3)4/h5-15H,16H2,1-4H3/b14-12+. The van der Waals surface area contributed by atoms with E-state index in [1.165, 1.54) is 11.6 Å². The highest BCUT2D eigenvalue weighted by molar-refractivity contribution is 6.06. The summed E-state index contributed by atoms with van der Waals surface area (Å²) in [4.78, 5) is 28.9. The molecule has 3 aromatic rings. The zero-order chi connectivity index (χ0) is 21.0. The summed E-state index contributed by atoms with van der Waals surface area (Å²) in [6.07, 6.45) is 3.42. The van der Waals surface area contributed by atoms with Crippen LogP contribution >= 0.6 is 0 Å². The number of hydrogen-bond acceptors (Lipinski definition) is 4. The van der Waals surface area contributed by atoms with Crippen molar-refractivity contribution in [3.05, 3.63) is 83.1 Å². The van der Waals surface area contributed by atoms with Gasteiger partial charge in [-0.2, -0.15) is 0 Å². The third kappa shape index (κ3) is 5.85. The number of ether oxygens (including phenoxy) is 1. The number of hydrogen-bond donors (Lipinski definition) is 0. The first-order valence-corrected chi connectivity index (χ1v) is 9.60. The normalized spacial score (nSPS) is 11.7. The lowest BCUT2D eigenvalue weighted by Gasteiger charge is -2.19. The number of ketones is 1. The number of pyridine rings is 1. The number of aromatic nitrogens is 1. The van der Waals surface area contributed by atoms with Crippen LogP contribution in [-0.2, 0) is 16.0 Å². The molecule has 4 heteroatoms. The van der Waals surface area contributed by atoms with Crippen LogP contribution in [0, 0.1) is 6.92 Å². The van der Waals surface area contributed by atoms with E-state index in [0.717, 1.165) is 22.2 Å². The maximum atomic E-state index is 12.4. The summed E-state index contributed by atoms with van der Waals surface area (Å²) < 4.78 is 5.32. The number of carbonyl (C=O) groups excluding carboxylic acids is 2.